The molecule has 0 spiro atoms. The van der Waals surface area contributed by atoms with Crippen molar-refractivity contribution in [2.75, 3.05) is 36.4 Å². The van der Waals surface area contributed by atoms with E-state index in [0.717, 1.165) is 48.3 Å². The summed E-state index contributed by atoms with van der Waals surface area (Å²) in [5.74, 6) is 0.283. The van der Waals surface area contributed by atoms with Gasteiger partial charge < -0.3 is 20.1 Å². The first kappa shape index (κ1) is 17.5. The Labute approximate surface area is 159 Å². The van der Waals surface area contributed by atoms with E-state index in [9.17, 15) is 4.79 Å². The van der Waals surface area contributed by atoms with Gasteiger partial charge in [-0.2, -0.15) is 0 Å². The van der Waals surface area contributed by atoms with Crippen LogP contribution >= 0.6 is 0 Å². The number of rotatable bonds is 4. The van der Waals surface area contributed by atoms with E-state index in [1.807, 2.05) is 50.6 Å². The second kappa shape index (κ2) is 7.40. The van der Waals surface area contributed by atoms with Gasteiger partial charge in [-0.1, -0.05) is 18.2 Å². The van der Waals surface area contributed by atoms with Crippen molar-refractivity contribution in [3.05, 3.63) is 54.4 Å². The fraction of sp³-hybridized carbons (Fsp3) is 0.333. The second-order valence-corrected chi connectivity index (χ2v) is 7.06. The van der Waals surface area contributed by atoms with Crippen LogP contribution in [0.15, 0.2) is 48.8 Å². The van der Waals surface area contributed by atoms with Crippen LogP contribution in [-0.2, 0) is 11.8 Å². The van der Waals surface area contributed by atoms with E-state index in [0.29, 0.717) is 5.82 Å². The molecule has 1 unspecified atom stereocenters. The normalized spacial score (nSPS) is 15.7. The van der Waals surface area contributed by atoms with Crippen LogP contribution < -0.4 is 15.5 Å². The van der Waals surface area contributed by atoms with E-state index in [1.165, 1.54) is 0 Å². The number of carbonyl (C=O) groups excluding carboxylic acids is 1. The number of pyridine rings is 1. The lowest BCUT2D eigenvalue weighted by Gasteiger charge is -2.29. The average Bonchev–Trinajstić information content (AvgIpc) is 3.05. The van der Waals surface area contributed by atoms with Crippen LogP contribution in [0.3, 0.4) is 0 Å². The van der Waals surface area contributed by atoms with Crippen LogP contribution in [0.1, 0.15) is 18.4 Å². The molecule has 3 aromatic rings. The summed E-state index contributed by atoms with van der Waals surface area (Å²) < 4.78 is 2.06. The van der Waals surface area contributed by atoms with E-state index >= 15 is 0 Å². The third kappa shape index (κ3) is 3.53. The summed E-state index contributed by atoms with van der Waals surface area (Å²) >= 11 is 0. The maximum absolute atomic E-state index is 12.8. The third-order valence-corrected chi connectivity index (χ3v) is 5.27. The molecular formula is C21H25N5O. The smallest absolute Gasteiger partial charge is 0.232 e. The summed E-state index contributed by atoms with van der Waals surface area (Å²) in [6.45, 7) is 5.87. The lowest BCUT2D eigenvalue weighted by Crippen LogP contribution is -2.43. The highest BCUT2D eigenvalue weighted by atomic mass is 16.1. The van der Waals surface area contributed by atoms with Crippen LogP contribution in [0.5, 0.6) is 0 Å². The van der Waals surface area contributed by atoms with Gasteiger partial charge in [-0.25, -0.2) is 4.98 Å². The van der Waals surface area contributed by atoms with Crippen LogP contribution in [0.2, 0.25) is 0 Å². The van der Waals surface area contributed by atoms with E-state index in [2.05, 4.69) is 37.2 Å². The van der Waals surface area contributed by atoms with E-state index in [4.69, 9.17) is 0 Å². The van der Waals surface area contributed by atoms with Gasteiger partial charge in [-0.15, -0.1) is 0 Å². The molecule has 0 saturated carbocycles. The van der Waals surface area contributed by atoms with Crippen molar-refractivity contribution < 1.29 is 4.79 Å². The zero-order valence-corrected chi connectivity index (χ0v) is 15.8. The minimum atomic E-state index is -0.259. The summed E-state index contributed by atoms with van der Waals surface area (Å²) in [7, 11) is 2.01. The molecule has 0 aliphatic carbocycles. The van der Waals surface area contributed by atoms with Crippen molar-refractivity contribution >= 4 is 28.3 Å². The molecule has 27 heavy (non-hydrogen) atoms. The summed E-state index contributed by atoms with van der Waals surface area (Å²) in [4.78, 5) is 19.5. The fourth-order valence-electron chi connectivity index (χ4n) is 3.66. The van der Waals surface area contributed by atoms with Gasteiger partial charge in [0.1, 0.15) is 5.82 Å². The van der Waals surface area contributed by atoms with Crippen molar-refractivity contribution in [3.8, 4) is 0 Å². The van der Waals surface area contributed by atoms with Crippen LogP contribution in [0.4, 0.5) is 11.5 Å². The summed E-state index contributed by atoms with van der Waals surface area (Å²) in [6.07, 6.45) is 3.87. The molecule has 0 bridgehead atoms. The van der Waals surface area contributed by atoms with Gasteiger partial charge in [0.15, 0.2) is 0 Å². The highest BCUT2D eigenvalue weighted by Crippen LogP contribution is 2.28. The topological polar surface area (TPSA) is 62.2 Å². The molecule has 1 aliphatic heterocycles. The number of aryl methyl sites for hydroxylation is 1. The SMILES string of the molecule is CC(C(=O)Nc1ccc(N2CCNCC2)cn1)c1cn(C)c2ccccc12. The van der Waals surface area contributed by atoms with Gasteiger partial charge in [0.05, 0.1) is 17.8 Å². The number of hydrogen-bond acceptors (Lipinski definition) is 4. The quantitative estimate of drug-likeness (QED) is 0.748. The van der Waals surface area contributed by atoms with Crippen LogP contribution in [0, 0.1) is 0 Å². The summed E-state index contributed by atoms with van der Waals surface area (Å²) in [5.41, 5.74) is 3.25. The number of nitrogens with zero attached hydrogens (tertiary/aromatic N) is 3. The Morgan fingerprint density at radius 3 is 2.70 bits per heavy atom. The van der Waals surface area contributed by atoms with E-state index < -0.39 is 0 Å². The molecule has 4 rings (SSSR count). The maximum atomic E-state index is 12.8. The molecule has 1 aromatic carbocycles. The Kier molecular flexibility index (Phi) is 4.81. The Balaban J connectivity index is 1.48. The average molecular weight is 363 g/mol. The summed E-state index contributed by atoms with van der Waals surface area (Å²) in [6, 6.07) is 12.1. The van der Waals surface area contributed by atoms with Crippen molar-refractivity contribution in [1.82, 2.24) is 14.9 Å². The minimum absolute atomic E-state index is 0.0474. The van der Waals surface area contributed by atoms with Crippen LogP contribution in [0.25, 0.3) is 10.9 Å². The molecule has 1 atom stereocenters. The Hall–Kier alpha value is -2.86. The minimum Gasteiger partial charge on any atom is -0.368 e. The molecule has 2 aromatic heterocycles. The summed E-state index contributed by atoms with van der Waals surface area (Å²) in [5, 5.41) is 7.41. The zero-order chi connectivity index (χ0) is 18.8. The van der Waals surface area contributed by atoms with Crippen LogP contribution in [-0.4, -0.2) is 41.6 Å². The molecule has 1 amide bonds. The van der Waals surface area contributed by atoms with Gasteiger partial charge in [-0.3, -0.25) is 4.79 Å². The van der Waals surface area contributed by atoms with Gasteiger partial charge in [0, 0.05) is 50.3 Å². The van der Waals surface area contributed by atoms with Gasteiger partial charge in [-0.05, 0) is 30.7 Å². The molecule has 0 radical (unpaired) electrons. The molecule has 6 nitrogen and oxygen atoms in total. The number of piperazine rings is 1. The number of carbonyl (C=O) groups is 1. The first-order valence-electron chi connectivity index (χ1n) is 9.40. The molecule has 3 heterocycles. The van der Waals surface area contributed by atoms with Crippen molar-refractivity contribution in [3.63, 3.8) is 0 Å². The molecule has 1 fully saturated rings. The predicted octanol–water partition coefficient (Wildman–Crippen LogP) is 2.73. The predicted molar refractivity (Wildman–Crippen MR) is 109 cm³/mol. The number of aromatic nitrogens is 2. The molecule has 1 saturated heterocycles. The second-order valence-electron chi connectivity index (χ2n) is 7.06. The zero-order valence-electron chi connectivity index (χ0n) is 15.8. The molecule has 140 valence electrons. The first-order valence-corrected chi connectivity index (χ1v) is 9.40. The largest absolute Gasteiger partial charge is 0.368 e. The fourth-order valence-corrected chi connectivity index (χ4v) is 3.66. The number of nitrogens with one attached hydrogen (secondary N) is 2. The van der Waals surface area contributed by atoms with Gasteiger partial charge in [0.2, 0.25) is 5.91 Å². The van der Waals surface area contributed by atoms with Crippen molar-refractivity contribution in [1.29, 1.82) is 0 Å². The maximum Gasteiger partial charge on any atom is 0.232 e. The monoisotopic (exact) mass is 363 g/mol. The third-order valence-electron chi connectivity index (χ3n) is 5.27. The number of benzene rings is 1. The Morgan fingerprint density at radius 2 is 1.96 bits per heavy atom. The highest BCUT2D eigenvalue weighted by molar-refractivity contribution is 5.98. The number of fused-ring (bicyclic) bond motifs is 1. The highest BCUT2D eigenvalue weighted by Gasteiger charge is 2.20. The first-order chi connectivity index (χ1) is 13.1. The van der Waals surface area contributed by atoms with Gasteiger partial charge >= 0.3 is 0 Å². The van der Waals surface area contributed by atoms with E-state index in [-0.39, 0.29) is 11.8 Å². The molecule has 6 heteroatoms. The molecular weight excluding hydrogens is 338 g/mol. The van der Waals surface area contributed by atoms with E-state index in [1.54, 1.807) is 0 Å². The number of anilines is 2. The molecule has 2 N–H and O–H groups in total. The lowest BCUT2D eigenvalue weighted by atomic mass is 10.00. The number of hydrogen-bond donors (Lipinski definition) is 2. The lowest BCUT2D eigenvalue weighted by molar-refractivity contribution is -0.117. The number of amides is 1. The number of para-hydroxylation sites is 1. The molecule has 1 aliphatic rings. The Bertz CT molecular complexity index is 941. The van der Waals surface area contributed by atoms with Gasteiger partial charge in [0.25, 0.3) is 0 Å². The standard InChI is InChI=1S/C21H25N5O/c1-15(18-14-25(2)19-6-4-3-5-17(18)19)21(27)24-20-8-7-16(13-23-20)26-11-9-22-10-12-26/h3-8,13-15,22H,9-12H2,1-2H3,(H,23,24,27). The Morgan fingerprint density at radius 1 is 1.19 bits per heavy atom. The van der Waals surface area contributed by atoms with Crippen molar-refractivity contribution in [2.24, 2.45) is 7.05 Å². The van der Waals surface area contributed by atoms with Crippen molar-refractivity contribution in [2.45, 2.75) is 12.8 Å².